The molecule has 6 nitrogen and oxygen atoms in total. The van der Waals surface area contributed by atoms with E-state index >= 15 is 0 Å². The number of halogens is 3. The standard InChI is InChI=1S/C9H7BrClFN4O2S/c1-16-9(8(10)13-15-16)19(17,18)14-7-4-5(12)2-3-6(7)11/h2-4,14H,1H3. The minimum Gasteiger partial charge on any atom is -0.277 e. The lowest BCUT2D eigenvalue weighted by Gasteiger charge is -2.09. The Morgan fingerprint density at radius 3 is 2.74 bits per heavy atom. The van der Waals surface area contributed by atoms with Gasteiger partial charge in [0.1, 0.15) is 5.82 Å². The van der Waals surface area contributed by atoms with Gasteiger partial charge in [0.05, 0.1) is 10.7 Å². The van der Waals surface area contributed by atoms with Crippen molar-refractivity contribution in [2.75, 3.05) is 4.72 Å². The summed E-state index contributed by atoms with van der Waals surface area (Å²) in [4.78, 5) is 0. The van der Waals surface area contributed by atoms with Crippen LogP contribution in [0.1, 0.15) is 0 Å². The number of hydrogen-bond acceptors (Lipinski definition) is 4. The molecule has 0 amide bonds. The number of nitrogens with one attached hydrogen (secondary N) is 1. The van der Waals surface area contributed by atoms with Crippen molar-refractivity contribution in [1.29, 1.82) is 0 Å². The Labute approximate surface area is 121 Å². The van der Waals surface area contributed by atoms with Gasteiger partial charge in [-0.3, -0.25) is 4.72 Å². The highest BCUT2D eigenvalue weighted by Crippen LogP contribution is 2.27. The molecule has 0 saturated carbocycles. The molecule has 0 spiro atoms. The maximum Gasteiger partial charge on any atom is 0.281 e. The fraction of sp³-hybridized carbons (Fsp3) is 0.111. The molecule has 2 rings (SSSR count). The van der Waals surface area contributed by atoms with Gasteiger partial charge in [0.25, 0.3) is 10.0 Å². The summed E-state index contributed by atoms with van der Waals surface area (Å²) in [6.45, 7) is 0. The quantitative estimate of drug-likeness (QED) is 0.899. The molecule has 1 aromatic heterocycles. The Bertz CT molecular complexity index is 714. The second-order valence-corrected chi connectivity index (χ2v) is 6.29. The molecule has 0 saturated heterocycles. The largest absolute Gasteiger partial charge is 0.281 e. The lowest BCUT2D eigenvalue weighted by Crippen LogP contribution is -2.17. The van der Waals surface area contributed by atoms with Gasteiger partial charge >= 0.3 is 0 Å². The minimum absolute atomic E-state index is 0.0509. The van der Waals surface area contributed by atoms with Crippen LogP contribution in [-0.4, -0.2) is 23.4 Å². The first-order valence-corrected chi connectivity index (χ1v) is 7.50. The molecule has 0 fully saturated rings. The number of rotatable bonds is 3. The van der Waals surface area contributed by atoms with Crippen LogP contribution in [0.15, 0.2) is 27.8 Å². The Balaban J connectivity index is 2.45. The normalized spacial score (nSPS) is 11.6. The van der Waals surface area contributed by atoms with E-state index in [-0.39, 0.29) is 20.3 Å². The van der Waals surface area contributed by atoms with Crippen molar-refractivity contribution in [1.82, 2.24) is 15.0 Å². The molecule has 0 aliphatic rings. The number of aromatic nitrogens is 3. The zero-order valence-electron chi connectivity index (χ0n) is 9.43. The van der Waals surface area contributed by atoms with Crippen LogP contribution in [0.5, 0.6) is 0 Å². The van der Waals surface area contributed by atoms with E-state index < -0.39 is 15.8 Å². The van der Waals surface area contributed by atoms with Gasteiger partial charge in [0.2, 0.25) is 5.03 Å². The highest BCUT2D eigenvalue weighted by molar-refractivity contribution is 9.10. The molecule has 0 unspecified atom stereocenters. The maximum absolute atomic E-state index is 13.1. The van der Waals surface area contributed by atoms with Crippen molar-refractivity contribution in [2.24, 2.45) is 7.05 Å². The molecule has 0 radical (unpaired) electrons. The summed E-state index contributed by atoms with van der Waals surface area (Å²) in [5, 5.41) is 7.02. The van der Waals surface area contributed by atoms with Crippen LogP contribution in [0.2, 0.25) is 5.02 Å². The number of hydrogen-bond donors (Lipinski definition) is 1. The summed E-state index contributed by atoms with van der Waals surface area (Å²) in [5.74, 6) is -0.607. The fourth-order valence-corrected chi connectivity index (χ4v) is 3.77. The molecule has 0 aliphatic carbocycles. The van der Waals surface area contributed by atoms with Gasteiger partial charge in [-0.25, -0.2) is 9.07 Å². The number of benzene rings is 1. The van der Waals surface area contributed by atoms with Crippen LogP contribution in [0.25, 0.3) is 0 Å². The molecule has 1 N–H and O–H groups in total. The molecule has 19 heavy (non-hydrogen) atoms. The zero-order valence-corrected chi connectivity index (χ0v) is 12.6. The molecule has 2 aromatic rings. The predicted octanol–water partition coefficient (Wildman–Crippen LogP) is 2.17. The van der Waals surface area contributed by atoms with Crippen LogP contribution in [0.3, 0.4) is 0 Å². The summed E-state index contributed by atoms with van der Waals surface area (Å²) in [6.07, 6.45) is 0. The topological polar surface area (TPSA) is 76.9 Å². The van der Waals surface area contributed by atoms with Crippen molar-refractivity contribution in [3.63, 3.8) is 0 Å². The summed E-state index contributed by atoms with van der Waals surface area (Å²) in [5.41, 5.74) is -0.0604. The van der Waals surface area contributed by atoms with Gasteiger partial charge in [-0.2, -0.15) is 8.42 Å². The van der Waals surface area contributed by atoms with Crippen LogP contribution >= 0.6 is 27.5 Å². The first-order valence-electron chi connectivity index (χ1n) is 4.84. The maximum atomic E-state index is 13.1. The first-order chi connectivity index (χ1) is 8.81. The number of anilines is 1. The van der Waals surface area contributed by atoms with Crippen molar-refractivity contribution < 1.29 is 12.8 Å². The summed E-state index contributed by atoms with van der Waals surface area (Å²) < 4.78 is 40.7. The minimum atomic E-state index is -3.98. The number of nitrogens with zero attached hydrogens (tertiary/aromatic N) is 3. The molecule has 1 heterocycles. The average molecular weight is 370 g/mol. The highest BCUT2D eigenvalue weighted by atomic mass is 79.9. The molecular formula is C9H7BrClFN4O2S. The van der Waals surface area contributed by atoms with E-state index in [1.165, 1.54) is 13.1 Å². The molecule has 0 bridgehead atoms. The van der Waals surface area contributed by atoms with Crippen LogP contribution in [0.4, 0.5) is 10.1 Å². The van der Waals surface area contributed by atoms with E-state index in [4.69, 9.17) is 11.6 Å². The second-order valence-electron chi connectivity index (χ2n) is 3.54. The van der Waals surface area contributed by atoms with Crippen molar-refractivity contribution in [2.45, 2.75) is 5.03 Å². The Morgan fingerprint density at radius 1 is 1.47 bits per heavy atom. The van der Waals surface area contributed by atoms with E-state index in [9.17, 15) is 12.8 Å². The molecular weight excluding hydrogens is 363 g/mol. The monoisotopic (exact) mass is 368 g/mol. The van der Waals surface area contributed by atoms with Crippen LogP contribution in [0, 0.1) is 5.82 Å². The number of sulfonamides is 1. The SMILES string of the molecule is Cn1nnc(Br)c1S(=O)(=O)Nc1cc(F)ccc1Cl. The van der Waals surface area contributed by atoms with E-state index in [0.29, 0.717) is 0 Å². The smallest absolute Gasteiger partial charge is 0.277 e. The van der Waals surface area contributed by atoms with Gasteiger partial charge in [-0.15, -0.1) is 5.10 Å². The summed E-state index contributed by atoms with van der Waals surface area (Å²) in [6, 6.07) is 3.37. The lowest BCUT2D eigenvalue weighted by atomic mass is 10.3. The molecule has 10 heteroatoms. The predicted molar refractivity (Wildman–Crippen MR) is 70.9 cm³/mol. The zero-order chi connectivity index (χ0) is 14.2. The average Bonchev–Trinajstić information content (AvgIpc) is 2.64. The molecule has 1 aromatic carbocycles. The van der Waals surface area contributed by atoms with Gasteiger partial charge in [0, 0.05) is 7.05 Å². The van der Waals surface area contributed by atoms with Crippen molar-refractivity contribution >= 4 is 43.2 Å². The third-order valence-electron chi connectivity index (χ3n) is 2.16. The van der Waals surface area contributed by atoms with Crippen LogP contribution in [-0.2, 0) is 17.1 Å². The van der Waals surface area contributed by atoms with E-state index in [1.807, 2.05) is 0 Å². The molecule has 0 aliphatic heterocycles. The Morgan fingerprint density at radius 2 is 2.16 bits per heavy atom. The summed E-state index contributed by atoms with van der Waals surface area (Å²) >= 11 is 8.78. The molecule has 0 atom stereocenters. The van der Waals surface area contributed by atoms with Gasteiger partial charge in [0.15, 0.2) is 4.60 Å². The fourth-order valence-electron chi connectivity index (χ4n) is 1.38. The third-order valence-corrected chi connectivity index (χ3v) is 4.75. The molecule has 102 valence electrons. The van der Waals surface area contributed by atoms with E-state index in [1.54, 1.807) is 0 Å². The summed E-state index contributed by atoms with van der Waals surface area (Å²) in [7, 11) is -2.56. The van der Waals surface area contributed by atoms with Crippen LogP contribution < -0.4 is 4.72 Å². The highest BCUT2D eigenvalue weighted by Gasteiger charge is 2.24. The van der Waals surface area contributed by atoms with Crippen molar-refractivity contribution in [3.05, 3.63) is 33.6 Å². The van der Waals surface area contributed by atoms with E-state index in [0.717, 1.165) is 16.8 Å². The van der Waals surface area contributed by atoms with E-state index in [2.05, 4.69) is 31.0 Å². The van der Waals surface area contributed by atoms with Gasteiger partial charge in [-0.1, -0.05) is 16.8 Å². The Hall–Kier alpha value is -1.19. The second kappa shape index (κ2) is 5.06. The Kier molecular flexibility index (Phi) is 3.79. The number of aryl methyl sites for hydroxylation is 1. The third kappa shape index (κ3) is 2.88. The van der Waals surface area contributed by atoms with Gasteiger partial charge in [-0.05, 0) is 34.1 Å². The first kappa shape index (κ1) is 14.2. The van der Waals surface area contributed by atoms with Gasteiger partial charge < -0.3 is 0 Å². The van der Waals surface area contributed by atoms with Crippen molar-refractivity contribution in [3.8, 4) is 0 Å². The lowest BCUT2D eigenvalue weighted by molar-refractivity contribution is 0.578.